The number of amides is 1. The lowest BCUT2D eigenvalue weighted by molar-refractivity contribution is -0.116. The van der Waals surface area contributed by atoms with Crippen LogP contribution < -0.4 is 19.4 Å². The van der Waals surface area contributed by atoms with Crippen molar-refractivity contribution >= 4 is 34.9 Å². The first-order valence-electron chi connectivity index (χ1n) is 11.6. The van der Waals surface area contributed by atoms with Gasteiger partial charge in [0.1, 0.15) is 17.4 Å². The molecule has 1 fully saturated rings. The van der Waals surface area contributed by atoms with Crippen LogP contribution in [0.1, 0.15) is 11.1 Å². The number of thioether (sulfide) groups is 1. The Labute approximate surface area is 204 Å². The number of carbonyl (C=O) groups is 1. The van der Waals surface area contributed by atoms with Crippen molar-refractivity contribution in [2.24, 2.45) is 0 Å². The third kappa shape index (κ3) is 4.97. The molecule has 7 nitrogen and oxygen atoms in total. The van der Waals surface area contributed by atoms with E-state index < -0.39 is 0 Å². The third-order valence-corrected chi connectivity index (χ3v) is 7.12. The number of fused-ring (bicyclic) bond motifs is 1. The van der Waals surface area contributed by atoms with E-state index in [1.165, 1.54) is 23.0 Å². The van der Waals surface area contributed by atoms with Gasteiger partial charge in [0.05, 0.1) is 18.0 Å². The molecule has 5 rings (SSSR count). The summed E-state index contributed by atoms with van der Waals surface area (Å²) in [5.74, 6) is 2.02. The van der Waals surface area contributed by atoms with Gasteiger partial charge in [0.25, 0.3) is 0 Å². The summed E-state index contributed by atoms with van der Waals surface area (Å²) in [5.41, 5.74) is 4.52. The van der Waals surface area contributed by atoms with Gasteiger partial charge in [0.15, 0.2) is 5.82 Å². The fraction of sp³-hybridized carbons (Fsp3) is 0.346. The minimum absolute atomic E-state index is 0.0540. The van der Waals surface area contributed by atoms with Crippen molar-refractivity contribution in [2.75, 3.05) is 59.8 Å². The second-order valence-corrected chi connectivity index (χ2v) is 9.69. The Balaban J connectivity index is 1.15. The zero-order valence-corrected chi connectivity index (χ0v) is 20.4. The molecular formula is C26H29N5O2S. The first-order valence-corrected chi connectivity index (χ1v) is 12.6. The van der Waals surface area contributed by atoms with E-state index in [0.29, 0.717) is 18.9 Å². The maximum atomic E-state index is 12.9. The summed E-state index contributed by atoms with van der Waals surface area (Å²) in [6.45, 7) is 8.95. The molecule has 1 aromatic heterocycles. The Kier molecular flexibility index (Phi) is 6.58. The minimum atomic E-state index is 0.0540. The molecule has 1 saturated heterocycles. The highest BCUT2D eigenvalue weighted by molar-refractivity contribution is 7.99. The number of benzene rings is 2. The maximum absolute atomic E-state index is 12.9. The molecule has 0 N–H and O–H groups in total. The molecule has 0 bridgehead atoms. The van der Waals surface area contributed by atoms with E-state index in [2.05, 4.69) is 51.2 Å². The van der Waals surface area contributed by atoms with Gasteiger partial charge in [-0.15, -0.1) is 10.2 Å². The average molecular weight is 476 g/mol. The van der Waals surface area contributed by atoms with E-state index in [9.17, 15) is 4.79 Å². The van der Waals surface area contributed by atoms with Crippen LogP contribution in [0.25, 0.3) is 0 Å². The van der Waals surface area contributed by atoms with Crippen molar-refractivity contribution < 1.29 is 9.53 Å². The number of aromatic nitrogens is 2. The summed E-state index contributed by atoms with van der Waals surface area (Å²) in [6.07, 6.45) is 0. The normalized spacial score (nSPS) is 15.6. The van der Waals surface area contributed by atoms with Crippen molar-refractivity contribution in [1.82, 2.24) is 10.2 Å². The van der Waals surface area contributed by atoms with Gasteiger partial charge >= 0.3 is 0 Å². The molecule has 8 heteroatoms. The fourth-order valence-electron chi connectivity index (χ4n) is 4.38. The van der Waals surface area contributed by atoms with E-state index >= 15 is 0 Å². The number of hydrogen-bond acceptors (Lipinski definition) is 7. The van der Waals surface area contributed by atoms with Crippen LogP contribution in [0.4, 0.5) is 17.2 Å². The highest BCUT2D eigenvalue weighted by Crippen LogP contribution is 2.33. The predicted octanol–water partition coefficient (Wildman–Crippen LogP) is 3.94. The molecule has 2 aliphatic rings. The summed E-state index contributed by atoms with van der Waals surface area (Å²) in [4.78, 5) is 19.4. The largest absolute Gasteiger partial charge is 0.490 e. The van der Waals surface area contributed by atoms with E-state index in [0.717, 1.165) is 54.0 Å². The van der Waals surface area contributed by atoms with Crippen molar-refractivity contribution in [2.45, 2.75) is 18.9 Å². The lowest BCUT2D eigenvalue weighted by Gasteiger charge is -2.36. The van der Waals surface area contributed by atoms with Crippen molar-refractivity contribution in [3.63, 3.8) is 0 Å². The second kappa shape index (κ2) is 9.93. The van der Waals surface area contributed by atoms with Gasteiger partial charge in [-0.1, -0.05) is 30.0 Å². The molecule has 0 radical (unpaired) electrons. The van der Waals surface area contributed by atoms with Crippen molar-refractivity contribution in [1.29, 1.82) is 0 Å². The van der Waals surface area contributed by atoms with Gasteiger partial charge in [-0.2, -0.15) is 0 Å². The van der Waals surface area contributed by atoms with Crippen LogP contribution in [-0.4, -0.2) is 61.2 Å². The van der Waals surface area contributed by atoms with Crippen molar-refractivity contribution in [3.05, 3.63) is 65.7 Å². The molecular weight excluding hydrogens is 446 g/mol. The van der Waals surface area contributed by atoms with Crippen molar-refractivity contribution in [3.8, 4) is 5.75 Å². The number of nitrogens with zero attached hydrogens (tertiary/aromatic N) is 5. The zero-order chi connectivity index (χ0) is 23.5. The first-order chi connectivity index (χ1) is 16.6. The van der Waals surface area contributed by atoms with E-state index in [4.69, 9.17) is 4.74 Å². The third-order valence-electron chi connectivity index (χ3n) is 6.22. The van der Waals surface area contributed by atoms with Crippen LogP contribution in [0, 0.1) is 13.8 Å². The van der Waals surface area contributed by atoms with Crippen LogP contribution in [0.2, 0.25) is 0 Å². The Hall–Kier alpha value is -3.26. The number of hydrogen-bond donors (Lipinski definition) is 0. The molecule has 0 spiro atoms. The summed E-state index contributed by atoms with van der Waals surface area (Å²) >= 11 is 1.42. The SMILES string of the molecule is Cc1cccc(N2CCN(c3ccc(SCC(=O)N4CCOc5ccc(C)cc54)nn3)CC2)c1. The number of piperazine rings is 1. The van der Waals surface area contributed by atoms with Crippen LogP contribution in [0.3, 0.4) is 0 Å². The van der Waals surface area contributed by atoms with E-state index in [-0.39, 0.29) is 5.91 Å². The molecule has 0 unspecified atom stereocenters. The maximum Gasteiger partial charge on any atom is 0.237 e. The molecule has 34 heavy (non-hydrogen) atoms. The van der Waals surface area contributed by atoms with Gasteiger partial charge in [-0.3, -0.25) is 4.79 Å². The molecule has 176 valence electrons. The number of anilines is 3. The highest BCUT2D eigenvalue weighted by Gasteiger charge is 2.24. The standard InChI is InChI=1S/C26H29N5O2S/c1-19-4-3-5-21(16-19)29-10-12-30(13-11-29)24-8-9-25(28-27-24)34-18-26(32)31-14-15-33-23-7-6-20(2)17-22(23)31/h3-9,16-17H,10-15,18H2,1-2H3. The van der Waals surface area contributed by atoms with Crippen LogP contribution in [-0.2, 0) is 4.79 Å². The summed E-state index contributed by atoms with van der Waals surface area (Å²) in [5, 5.41) is 9.58. The number of rotatable bonds is 5. The molecule has 2 aliphatic heterocycles. The molecule has 0 atom stereocenters. The quantitative estimate of drug-likeness (QED) is 0.518. The van der Waals surface area contributed by atoms with Gasteiger partial charge in [0.2, 0.25) is 5.91 Å². The average Bonchev–Trinajstić information content (AvgIpc) is 2.87. The Morgan fingerprint density at radius 3 is 2.47 bits per heavy atom. The zero-order valence-electron chi connectivity index (χ0n) is 19.6. The molecule has 3 aromatic rings. The summed E-state index contributed by atoms with van der Waals surface area (Å²) in [6, 6.07) is 18.6. The summed E-state index contributed by atoms with van der Waals surface area (Å²) in [7, 11) is 0. The second-order valence-electron chi connectivity index (χ2n) is 8.70. The first kappa shape index (κ1) is 22.5. The number of ether oxygens (including phenoxy) is 1. The topological polar surface area (TPSA) is 61.8 Å². The monoisotopic (exact) mass is 475 g/mol. The van der Waals surface area contributed by atoms with Crippen LogP contribution in [0.15, 0.2) is 59.6 Å². The highest BCUT2D eigenvalue weighted by atomic mass is 32.2. The van der Waals surface area contributed by atoms with Crippen LogP contribution >= 0.6 is 11.8 Å². The Morgan fingerprint density at radius 1 is 0.912 bits per heavy atom. The molecule has 1 amide bonds. The minimum Gasteiger partial charge on any atom is -0.490 e. The smallest absolute Gasteiger partial charge is 0.237 e. The lowest BCUT2D eigenvalue weighted by Crippen LogP contribution is -2.46. The molecule has 0 aliphatic carbocycles. The molecule has 3 heterocycles. The van der Waals surface area contributed by atoms with E-state index in [1.54, 1.807) is 0 Å². The van der Waals surface area contributed by atoms with E-state index in [1.807, 2.05) is 42.2 Å². The van der Waals surface area contributed by atoms with Crippen LogP contribution in [0.5, 0.6) is 5.75 Å². The molecule has 0 saturated carbocycles. The number of carbonyl (C=O) groups excluding carboxylic acids is 1. The number of aryl methyl sites for hydroxylation is 2. The molecule has 2 aromatic carbocycles. The van der Waals surface area contributed by atoms with Gasteiger partial charge in [0, 0.05) is 31.9 Å². The fourth-order valence-corrected chi connectivity index (χ4v) is 5.07. The van der Waals surface area contributed by atoms with Gasteiger partial charge < -0.3 is 19.4 Å². The van der Waals surface area contributed by atoms with Gasteiger partial charge in [-0.05, 0) is 61.4 Å². The Bertz CT molecular complexity index is 1160. The predicted molar refractivity (Wildman–Crippen MR) is 137 cm³/mol. The lowest BCUT2D eigenvalue weighted by atomic mass is 10.1. The Morgan fingerprint density at radius 2 is 1.71 bits per heavy atom. The summed E-state index contributed by atoms with van der Waals surface area (Å²) < 4.78 is 5.70. The van der Waals surface area contributed by atoms with Gasteiger partial charge in [-0.25, -0.2) is 0 Å².